The molecular weight excluding hydrogens is 484 g/mol. The minimum absolute atomic E-state index is 0.218. The third-order valence-electron chi connectivity index (χ3n) is 7.32. The zero-order valence-corrected chi connectivity index (χ0v) is 22.5. The lowest BCUT2D eigenvalue weighted by Gasteiger charge is -2.33. The molecule has 5 rings (SSSR count). The van der Waals surface area contributed by atoms with Crippen molar-refractivity contribution in [3.8, 4) is 11.4 Å². The van der Waals surface area contributed by atoms with Crippen LogP contribution in [-0.4, -0.2) is 87.9 Å². The molecule has 2 aliphatic rings. The average molecular weight is 521 g/mol. The molecule has 1 aromatic carbocycles. The Morgan fingerprint density at radius 3 is 2.41 bits per heavy atom. The maximum absolute atomic E-state index is 12.2. The second-order valence-corrected chi connectivity index (χ2v) is 10.5. The third kappa shape index (κ3) is 6.24. The Bertz CT molecular complexity index is 1200. The van der Waals surface area contributed by atoms with Crippen LogP contribution in [0.25, 0.3) is 11.4 Å². The van der Waals surface area contributed by atoms with E-state index >= 15 is 0 Å². The molecule has 0 bridgehead atoms. The Morgan fingerprint density at radius 2 is 1.76 bits per heavy atom. The maximum atomic E-state index is 12.2. The number of carbonyl (C=O) groups excluding carboxylic acids is 1. The number of aryl methyl sites for hydroxylation is 1. The van der Waals surface area contributed by atoms with Crippen LogP contribution >= 0.6 is 12.6 Å². The van der Waals surface area contributed by atoms with Gasteiger partial charge in [0.05, 0.1) is 0 Å². The number of aromatic nitrogens is 4. The Kier molecular flexibility index (Phi) is 7.95. The molecule has 196 valence electrons. The Hall–Kier alpha value is -3.11. The molecule has 0 radical (unpaired) electrons. The molecule has 37 heavy (non-hydrogen) atoms. The normalized spacial score (nSPS) is 17.3. The number of aromatic amines is 1. The predicted molar refractivity (Wildman–Crippen MR) is 151 cm³/mol. The molecule has 0 atom stereocenters. The standard InChI is InChI=1S/C27H36N8OS/c1-19-17-24(32-31-19)28-23-18-25(34-14-12-33(2)13-15-34)30-27(29-23)22-5-3-20(4-6-22)21-7-10-35(11-8-21)26(36)9-16-37/h3-6,17-18,21,37H,7-16H2,1-2H3,(H2,28,29,30,31,32). The Morgan fingerprint density at radius 1 is 1.03 bits per heavy atom. The number of likely N-dealkylation sites (tertiary alicyclic amines) is 1. The summed E-state index contributed by atoms with van der Waals surface area (Å²) in [5.41, 5.74) is 3.29. The van der Waals surface area contributed by atoms with Gasteiger partial charge in [0.2, 0.25) is 5.91 Å². The van der Waals surface area contributed by atoms with Crippen molar-refractivity contribution in [2.75, 3.05) is 62.3 Å². The van der Waals surface area contributed by atoms with Gasteiger partial charge < -0.3 is 20.0 Å². The molecule has 2 aliphatic heterocycles. The van der Waals surface area contributed by atoms with Gasteiger partial charge in [-0.05, 0) is 44.0 Å². The first-order chi connectivity index (χ1) is 18.0. The number of carbonyl (C=O) groups is 1. The summed E-state index contributed by atoms with van der Waals surface area (Å²) < 4.78 is 0. The van der Waals surface area contributed by atoms with Crippen LogP contribution in [0.2, 0.25) is 0 Å². The summed E-state index contributed by atoms with van der Waals surface area (Å²) in [5.74, 6) is 4.38. The predicted octanol–water partition coefficient (Wildman–Crippen LogP) is 3.70. The molecule has 1 amide bonds. The monoisotopic (exact) mass is 520 g/mol. The van der Waals surface area contributed by atoms with Crippen LogP contribution < -0.4 is 10.2 Å². The summed E-state index contributed by atoms with van der Waals surface area (Å²) in [5, 5.41) is 10.6. The van der Waals surface area contributed by atoms with Gasteiger partial charge in [-0.3, -0.25) is 9.89 Å². The van der Waals surface area contributed by atoms with Gasteiger partial charge in [0.1, 0.15) is 11.6 Å². The van der Waals surface area contributed by atoms with Crippen LogP contribution in [0.3, 0.4) is 0 Å². The van der Waals surface area contributed by atoms with Crippen molar-refractivity contribution >= 4 is 36.0 Å². The zero-order valence-electron chi connectivity index (χ0n) is 21.7. The molecule has 2 N–H and O–H groups in total. The first kappa shape index (κ1) is 25.5. The number of amides is 1. The van der Waals surface area contributed by atoms with Gasteiger partial charge in [0, 0.05) is 69.1 Å². The highest BCUT2D eigenvalue weighted by molar-refractivity contribution is 7.80. The fourth-order valence-corrected chi connectivity index (χ4v) is 5.25. The maximum Gasteiger partial charge on any atom is 0.223 e. The van der Waals surface area contributed by atoms with Crippen LogP contribution in [0.5, 0.6) is 0 Å². The molecule has 10 heteroatoms. The van der Waals surface area contributed by atoms with Gasteiger partial charge in [-0.1, -0.05) is 24.3 Å². The lowest BCUT2D eigenvalue weighted by atomic mass is 9.89. The number of piperidine rings is 1. The van der Waals surface area contributed by atoms with E-state index in [1.807, 2.05) is 24.0 Å². The SMILES string of the molecule is Cc1cc(Nc2cc(N3CCN(C)CC3)nc(-c3ccc(C4CCN(C(=O)CCS)CC4)cc3)n2)n[nH]1. The van der Waals surface area contributed by atoms with Crippen LogP contribution in [0.1, 0.15) is 36.4 Å². The third-order valence-corrected chi connectivity index (χ3v) is 7.54. The average Bonchev–Trinajstić information content (AvgIpc) is 3.33. The smallest absolute Gasteiger partial charge is 0.223 e. The second kappa shape index (κ2) is 11.5. The topological polar surface area (TPSA) is 93.3 Å². The van der Waals surface area contributed by atoms with Crippen LogP contribution in [-0.2, 0) is 4.79 Å². The highest BCUT2D eigenvalue weighted by Crippen LogP contribution is 2.31. The van der Waals surface area contributed by atoms with E-state index in [0.717, 1.165) is 80.8 Å². The summed E-state index contributed by atoms with van der Waals surface area (Å²) in [7, 11) is 2.15. The molecule has 3 aromatic rings. The second-order valence-electron chi connectivity index (χ2n) is 10.0. The van der Waals surface area contributed by atoms with E-state index in [9.17, 15) is 4.79 Å². The van der Waals surface area contributed by atoms with Crippen LogP contribution in [0.4, 0.5) is 17.5 Å². The van der Waals surface area contributed by atoms with Gasteiger partial charge in [-0.2, -0.15) is 17.7 Å². The number of likely N-dealkylation sites (N-methyl/N-ethyl adjacent to an activating group) is 1. The van der Waals surface area contributed by atoms with Crippen molar-refractivity contribution in [1.29, 1.82) is 0 Å². The van der Waals surface area contributed by atoms with Crippen molar-refractivity contribution in [2.24, 2.45) is 0 Å². The number of benzene rings is 1. The quantitative estimate of drug-likeness (QED) is 0.409. The van der Waals surface area contributed by atoms with Crippen molar-refractivity contribution in [2.45, 2.75) is 32.1 Å². The summed E-state index contributed by atoms with van der Waals surface area (Å²) in [6.07, 6.45) is 2.50. The zero-order chi connectivity index (χ0) is 25.8. The number of H-pyrrole nitrogens is 1. The van der Waals surface area contributed by atoms with Crippen molar-refractivity contribution in [1.82, 2.24) is 30.0 Å². The van der Waals surface area contributed by atoms with Crippen molar-refractivity contribution in [3.63, 3.8) is 0 Å². The van der Waals surface area contributed by atoms with Crippen LogP contribution in [0.15, 0.2) is 36.4 Å². The minimum atomic E-state index is 0.218. The molecule has 0 saturated carbocycles. The molecule has 0 spiro atoms. The number of anilines is 3. The van der Waals surface area contributed by atoms with Gasteiger partial charge in [-0.25, -0.2) is 9.97 Å². The summed E-state index contributed by atoms with van der Waals surface area (Å²) in [6.45, 7) is 7.49. The number of rotatable bonds is 7. The summed E-state index contributed by atoms with van der Waals surface area (Å²) in [4.78, 5) is 28.6. The molecule has 2 fully saturated rings. The summed E-state index contributed by atoms with van der Waals surface area (Å²) in [6, 6.07) is 12.6. The van der Waals surface area contributed by atoms with E-state index in [0.29, 0.717) is 23.9 Å². The number of hydrogen-bond acceptors (Lipinski definition) is 8. The van der Waals surface area contributed by atoms with E-state index in [1.165, 1.54) is 5.56 Å². The molecule has 9 nitrogen and oxygen atoms in total. The molecule has 2 aromatic heterocycles. The molecule has 0 unspecified atom stereocenters. The number of nitrogens with zero attached hydrogens (tertiary/aromatic N) is 6. The first-order valence-corrected chi connectivity index (χ1v) is 13.7. The van der Waals surface area contributed by atoms with Gasteiger partial charge >= 0.3 is 0 Å². The number of piperazine rings is 1. The van der Waals surface area contributed by atoms with Gasteiger partial charge in [0.25, 0.3) is 0 Å². The van der Waals surface area contributed by atoms with Crippen molar-refractivity contribution in [3.05, 3.63) is 47.7 Å². The van der Waals surface area contributed by atoms with E-state index in [-0.39, 0.29) is 5.91 Å². The highest BCUT2D eigenvalue weighted by Gasteiger charge is 2.24. The molecular formula is C27H36N8OS. The molecule has 0 aliphatic carbocycles. The number of thiol groups is 1. The van der Waals surface area contributed by atoms with E-state index in [2.05, 4.69) is 69.3 Å². The fraction of sp³-hybridized carbons (Fsp3) is 0.481. The molecule has 2 saturated heterocycles. The largest absolute Gasteiger partial charge is 0.354 e. The Balaban J connectivity index is 1.34. The van der Waals surface area contributed by atoms with Crippen LogP contribution in [0, 0.1) is 6.92 Å². The fourth-order valence-electron chi connectivity index (χ4n) is 5.06. The molecule has 4 heterocycles. The van der Waals surface area contributed by atoms with Crippen molar-refractivity contribution < 1.29 is 4.79 Å². The highest BCUT2D eigenvalue weighted by atomic mass is 32.1. The van der Waals surface area contributed by atoms with E-state index in [1.54, 1.807) is 0 Å². The van der Waals surface area contributed by atoms with E-state index < -0.39 is 0 Å². The number of nitrogens with one attached hydrogen (secondary N) is 2. The first-order valence-electron chi connectivity index (χ1n) is 13.1. The lowest BCUT2D eigenvalue weighted by Crippen LogP contribution is -2.44. The summed E-state index contributed by atoms with van der Waals surface area (Å²) >= 11 is 4.20. The number of hydrogen-bond donors (Lipinski definition) is 3. The minimum Gasteiger partial charge on any atom is -0.354 e. The van der Waals surface area contributed by atoms with E-state index in [4.69, 9.17) is 9.97 Å². The lowest BCUT2D eigenvalue weighted by molar-refractivity contribution is -0.131. The van der Waals surface area contributed by atoms with Gasteiger partial charge in [-0.15, -0.1) is 0 Å². The Labute approximate surface area is 224 Å². The van der Waals surface area contributed by atoms with Gasteiger partial charge in [0.15, 0.2) is 11.6 Å².